The van der Waals surface area contributed by atoms with Gasteiger partial charge in [-0.1, -0.05) is 20.8 Å². The van der Waals surface area contributed by atoms with Gasteiger partial charge >= 0.3 is 0 Å². The first-order valence-electron chi connectivity index (χ1n) is 4.07. The number of ether oxygens (including phenoxy) is 1. The van der Waals surface area contributed by atoms with E-state index in [2.05, 4.69) is 20.8 Å². The summed E-state index contributed by atoms with van der Waals surface area (Å²) in [5.41, 5.74) is 0.521. The van der Waals surface area contributed by atoms with Crippen LogP contribution in [0, 0.1) is 5.41 Å². The van der Waals surface area contributed by atoms with Gasteiger partial charge in [-0.3, -0.25) is 0 Å². The Morgan fingerprint density at radius 3 is 1.70 bits per heavy atom. The fourth-order valence-corrected chi connectivity index (χ4v) is 1.76. The number of hydrogen-bond donors (Lipinski definition) is 0. The third-order valence-electron chi connectivity index (χ3n) is 2.92. The van der Waals surface area contributed by atoms with Crippen LogP contribution in [0.25, 0.3) is 0 Å². The minimum atomic E-state index is 0.201. The lowest BCUT2D eigenvalue weighted by atomic mass is 9.64. The highest BCUT2D eigenvalue weighted by molar-refractivity contribution is 4.98. The smallest absolute Gasteiger partial charge is 0.0726 e. The van der Waals surface area contributed by atoms with Gasteiger partial charge in [0.1, 0.15) is 0 Å². The summed E-state index contributed by atoms with van der Waals surface area (Å²) in [6.45, 7) is 6.78. The zero-order chi connectivity index (χ0) is 7.83. The van der Waals surface area contributed by atoms with Gasteiger partial charge in [-0.15, -0.1) is 0 Å². The van der Waals surface area contributed by atoms with E-state index in [9.17, 15) is 0 Å². The molecule has 0 aromatic rings. The summed E-state index contributed by atoms with van der Waals surface area (Å²) in [6.07, 6.45) is 3.82. The van der Waals surface area contributed by atoms with Gasteiger partial charge in [0.15, 0.2) is 0 Å². The Hall–Kier alpha value is -0.0400. The molecular formula is C9H18O. The van der Waals surface area contributed by atoms with E-state index in [4.69, 9.17) is 4.74 Å². The molecule has 10 heavy (non-hydrogen) atoms. The summed E-state index contributed by atoms with van der Waals surface area (Å²) in [7, 11) is 1.84. The molecule has 0 unspecified atom stereocenters. The molecule has 1 fully saturated rings. The van der Waals surface area contributed by atoms with Crippen LogP contribution in [0.3, 0.4) is 0 Å². The van der Waals surface area contributed by atoms with Crippen molar-refractivity contribution in [3.05, 3.63) is 0 Å². The van der Waals surface area contributed by atoms with Crippen molar-refractivity contribution < 1.29 is 4.74 Å². The highest BCUT2D eigenvalue weighted by Crippen LogP contribution is 2.47. The molecular weight excluding hydrogens is 124 g/mol. The zero-order valence-corrected chi connectivity index (χ0v) is 7.53. The van der Waals surface area contributed by atoms with Gasteiger partial charge in [-0.05, 0) is 24.7 Å². The summed E-state index contributed by atoms with van der Waals surface area (Å²) in [5.74, 6) is 0. The summed E-state index contributed by atoms with van der Waals surface area (Å²) >= 11 is 0. The van der Waals surface area contributed by atoms with E-state index in [0.29, 0.717) is 5.41 Å². The SMILES string of the molecule is COC1(C(C)(C)C)CCC1. The molecule has 1 aliphatic carbocycles. The third kappa shape index (κ3) is 0.968. The molecule has 0 aromatic heterocycles. The van der Waals surface area contributed by atoms with Crippen molar-refractivity contribution in [1.82, 2.24) is 0 Å². The maximum absolute atomic E-state index is 5.54. The summed E-state index contributed by atoms with van der Waals surface area (Å²) < 4.78 is 5.54. The lowest BCUT2D eigenvalue weighted by molar-refractivity contribution is -0.144. The number of hydrogen-bond acceptors (Lipinski definition) is 1. The third-order valence-corrected chi connectivity index (χ3v) is 2.92. The molecule has 0 atom stereocenters. The zero-order valence-electron chi connectivity index (χ0n) is 7.53. The molecule has 1 saturated carbocycles. The average molecular weight is 142 g/mol. The van der Waals surface area contributed by atoms with Crippen LogP contribution in [0.1, 0.15) is 40.0 Å². The van der Waals surface area contributed by atoms with Gasteiger partial charge in [0.05, 0.1) is 5.60 Å². The van der Waals surface area contributed by atoms with E-state index >= 15 is 0 Å². The Kier molecular flexibility index (Phi) is 1.80. The van der Waals surface area contributed by atoms with E-state index < -0.39 is 0 Å². The van der Waals surface area contributed by atoms with E-state index in [0.717, 1.165) is 0 Å². The molecule has 0 heterocycles. The molecule has 0 aromatic carbocycles. The predicted molar refractivity (Wildman–Crippen MR) is 43.0 cm³/mol. The van der Waals surface area contributed by atoms with Crippen molar-refractivity contribution in [3.63, 3.8) is 0 Å². The highest BCUT2D eigenvalue weighted by Gasteiger charge is 2.46. The summed E-state index contributed by atoms with van der Waals surface area (Å²) in [6, 6.07) is 0. The van der Waals surface area contributed by atoms with E-state index in [1.54, 1.807) is 0 Å². The molecule has 0 amide bonds. The van der Waals surface area contributed by atoms with Crippen LogP contribution in [0.4, 0.5) is 0 Å². The maximum Gasteiger partial charge on any atom is 0.0726 e. The van der Waals surface area contributed by atoms with Crippen molar-refractivity contribution in [1.29, 1.82) is 0 Å². The second-order valence-electron chi connectivity index (χ2n) is 4.30. The van der Waals surface area contributed by atoms with Crippen molar-refractivity contribution in [3.8, 4) is 0 Å². The first kappa shape index (κ1) is 8.06. The Morgan fingerprint density at radius 1 is 1.20 bits per heavy atom. The first-order valence-corrected chi connectivity index (χ1v) is 4.07. The van der Waals surface area contributed by atoms with E-state index in [1.165, 1.54) is 19.3 Å². The largest absolute Gasteiger partial charge is 0.378 e. The molecule has 1 nitrogen and oxygen atoms in total. The molecule has 0 saturated heterocycles. The second kappa shape index (κ2) is 2.23. The summed E-state index contributed by atoms with van der Waals surface area (Å²) in [5, 5.41) is 0. The van der Waals surface area contributed by atoms with Gasteiger partial charge in [0.2, 0.25) is 0 Å². The predicted octanol–water partition coefficient (Wildman–Crippen LogP) is 2.60. The van der Waals surface area contributed by atoms with E-state index in [1.807, 2.05) is 7.11 Å². The molecule has 0 spiro atoms. The standard InChI is InChI=1S/C9H18O/c1-8(2,3)9(10-4)6-5-7-9/h5-7H2,1-4H3. The van der Waals surface area contributed by atoms with Crippen LogP contribution in [0.15, 0.2) is 0 Å². The molecule has 0 radical (unpaired) electrons. The van der Waals surface area contributed by atoms with Crippen LogP contribution in [0.5, 0.6) is 0 Å². The van der Waals surface area contributed by atoms with Gasteiger partial charge in [0, 0.05) is 7.11 Å². The van der Waals surface area contributed by atoms with Crippen LogP contribution < -0.4 is 0 Å². The fourth-order valence-electron chi connectivity index (χ4n) is 1.76. The molecule has 0 bridgehead atoms. The molecule has 0 aliphatic heterocycles. The maximum atomic E-state index is 5.54. The second-order valence-corrected chi connectivity index (χ2v) is 4.30. The van der Waals surface area contributed by atoms with Crippen molar-refractivity contribution >= 4 is 0 Å². The Labute approximate surface area is 63.8 Å². The minimum absolute atomic E-state index is 0.201. The van der Waals surface area contributed by atoms with Gasteiger partial charge in [-0.2, -0.15) is 0 Å². The molecule has 0 N–H and O–H groups in total. The Morgan fingerprint density at radius 2 is 1.70 bits per heavy atom. The first-order chi connectivity index (χ1) is 4.52. The van der Waals surface area contributed by atoms with Gasteiger partial charge in [0.25, 0.3) is 0 Å². The average Bonchev–Trinajstić information content (AvgIpc) is 1.58. The fraction of sp³-hybridized carbons (Fsp3) is 1.00. The molecule has 1 rings (SSSR count). The van der Waals surface area contributed by atoms with Crippen molar-refractivity contribution in [2.75, 3.05) is 7.11 Å². The van der Waals surface area contributed by atoms with Gasteiger partial charge < -0.3 is 4.74 Å². The highest BCUT2D eigenvalue weighted by atomic mass is 16.5. The number of rotatable bonds is 1. The van der Waals surface area contributed by atoms with Crippen LogP contribution >= 0.6 is 0 Å². The summed E-state index contributed by atoms with van der Waals surface area (Å²) in [4.78, 5) is 0. The van der Waals surface area contributed by atoms with Crippen molar-refractivity contribution in [2.24, 2.45) is 5.41 Å². The van der Waals surface area contributed by atoms with Gasteiger partial charge in [-0.25, -0.2) is 0 Å². The Balaban J connectivity index is 2.65. The van der Waals surface area contributed by atoms with Crippen molar-refractivity contribution in [2.45, 2.75) is 45.6 Å². The van der Waals surface area contributed by atoms with Crippen LogP contribution in [0.2, 0.25) is 0 Å². The molecule has 1 heteroatoms. The Bertz CT molecular complexity index is 112. The lowest BCUT2D eigenvalue weighted by Crippen LogP contribution is -2.50. The normalized spacial score (nSPS) is 24.0. The molecule has 60 valence electrons. The minimum Gasteiger partial charge on any atom is -0.378 e. The molecule has 1 aliphatic rings. The number of methoxy groups -OCH3 is 1. The van der Waals surface area contributed by atoms with Crippen LogP contribution in [-0.2, 0) is 4.74 Å². The van der Waals surface area contributed by atoms with E-state index in [-0.39, 0.29) is 5.60 Å². The lowest BCUT2D eigenvalue weighted by Gasteiger charge is -2.50. The topological polar surface area (TPSA) is 9.23 Å². The monoisotopic (exact) mass is 142 g/mol. The van der Waals surface area contributed by atoms with Crippen LogP contribution in [-0.4, -0.2) is 12.7 Å². The quantitative estimate of drug-likeness (QED) is 0.547.